The van der Waals surface area contributed by atoms with Gasteiger partial charge in [-0.15, -0.1) is 0 Å². The average molecular weight is 244 g/mol. The summed E-state index contributed by atoms with van der Waals surface area (Å²) in [7, 11) is 9.19. The Morgan fingerprint density at radius 1 is 1.28 bits per heavy atom. The minimum absolute atomic E-state index is 0.303. The molecule has 1 N–H and O–H groups in total. The molecule has 0 bridgehead atoms. The Morgan fingerprint density at radius 2 is 2.00 bits per heavy atom. The average Bonchev–Trinajstić information content (AvgIpc) is 2.47. The molecule has 1 radical (unpaired) electrons. The summed E-state index contributed by atoms with van der Waals surface area (Å²) in [5, 5.41) is 3.36. The molecule has 0 amide bonds. The molecule has 0 spiro atoms. The molecule has 3 nitrogen and oxygen atoms in total. The van der Waals surface area contributed by atoms with Crippen LogP contribution in [0.4, 0.5) is 0 Å². The first kappa shape index (κ1) is 13.3. The Kier molecular flexibility index (Phi) is 4.20. The number of piperidine rings is 1. The summed E-state index contributed by atoms with van der Waals surface area (Å²) in [5.74, 6) is 2.47. The van der Waals surface area contributed by atoms with E-state index in [9.17, 15) is 0 Å². The number of hydrogen-bond donors (Lipinski definition) is 1. The van der Waals surface area contributed by atoms with Crippen molar-refractivity contribution in [2.24, 2.45) is 0 Å². The minimum atomic E-state index is -0.303. The quantitative estimate of drug-likeness (QED) is 0.808. The molecule has 1 aromatic rings. The van der Waals surface area contributed by atoms with Gasteiger partial charge >= 0.3 is 109 Å². The van der Waals surface area contributed by atoms with Crippen molar-refractivity contribution in [2.45, 2.75) is 18.4 Å². The van der Waals surface area contributed by atoms with Gasteiger partial charge in [0, 0.05) is 0 Å². The maximum absolute atomic E-state index is 5.85. The van der Waals surface area contributed by atoms with Crippen molar-refractivity contribution in [3.63, 3.8) is 0 Å². The van der Waals surface area contributed by atoms with Gasteiger partial charge in [0.15, 0.2) is 0 Å². The summed E-state index contributed by atoms with van der Waals surface area (Å²) < 4.78 is 11.3. The van der Waals surface area contributed by atoms with Crippen LogP contribution in [0.1, 0.15) is 24.0 Å². The van der Waals surface area contributed by atoms with E-state index in [-0.39, 0.29) is 5.60 Å². The molecule has 0 saturated carbocycles. The normalized spacial score (nSPS) is 18.3. The summed E-state index contributed by atoms with van der Waals surface area (Å²) in [6.07, 6.45) is 1.84. The van der Waals surface area contributed by atoms with E-state index in [1.165, 1.54) is 0 Å². The van der Waals surface area contributed by atoms with Crippen LogP contribution in [0.3, 0.4) is 0 Å². The molecule has 0 unspecified atom stereocenters. The van der Waals surface area contributed by atoms with Crippen molar-refractivity contribution < 1.29 is 9.47 Å². The second-order valence-corrected chi connectivity index (χ2v) is 4.54. The Morgan fingerprint density at radius 3 is 2.56 bits per heavy atom. The van der Waals surface area contributed by atoms with Crippen LogP contribution in [0.25, 0.3) is 0 Å². The van der Waals surface area contributed by atoms with E-state index < -0.39 is 0 Å². The zero-order chi connectivity index (χ0) is 13.0. The number of rotatable bonds is 4. The van der Waals surface area contributed by atoms with Crippen molar-refractivity contribution >= 4 is 13.5 Å². The molecule has 1 heterocycles. The van der Waals surface area contributed by atoms with Gasteiger partial charge in [0.2, 0.25) is 0 Å². The van der Waals surface area contributed by atoms with E-state index in [2.05, 4.69) is 5.32 Å². The number of methoxy groups -OCH3 is 2. The van der Waals surface area contributed by atoms with Crippen molar-refractivity contribution in [3.05, 3.63) is 29.3 Å². The second kappa shape index (κ2) is 5.68. The molecule has 1 aliphatic rings. The predicted octanol–water partition coefficient (Wildman–Crippen LogP) is 1.24. The Labute approximate surface area is 110 Å². The summed E-state index contributed by atoms with van der Waals surface area (Å²) in [6.45, 7) is 1.88. The van der Waals surface area contributed by atoms with Gasteiger partial charge in [-0.1, -0.05) is 0 Å². The molecule has 2 rings (SSSR count). The van der Waals surface area contributed by atoms with E-state index in [0.717, 1.165) is 42.8 Å². The van der Waals surface area contributed by atoms with Crippen molar-refractivity contribution in [1.82, 2.24) is 5.32 Å². The fraction of sp³-hybridized carbons (Fsp3) is 0.500. The van der Waals surface area contributed by atoms with Gasteiger partial charge in [-0.05, 0) is 0 Å². The molecule has 1 saturated heterocycles. The third-order valence-electron chi connectivity index (χ3n) is 3.72. The first-order valence-corrected chi connectivity index (χ1v) is 6.25. The monoisotopic (exact) mass is 244 g/mol. The molecule has 4 heteroatoms. The van der Waals surface area contributed by atoms with Crippen LogP contribution < -0.4 is 10.1 Å². The van der Waals surface area contributed by atoms with Gasteiger partial charge in [0.05, 0.1) is 0 Å². The SMILES string of the molecule is [B]=Cc1cccc(OC)c1C1(OC)CCNCC1. The first-order valence-electron chi connectivity index (χ1n) is 6.25. The molecule has 0 aromatic heterocycles. The molecule has 0 atom stereocenters. The Balaban J connectivity index is 2.55. The molecular weight excluding hydrogens is 225 g/mol. The summed E-state index contributed by atoms with van der Waals surface area (Å²) in [6, 6.07) is 5.91. The number of benzene rings is 1. The third kappa shape index (κ3) is 2.23. The van der Waals surface area contributed by atoms with Gasteiger partial charge in [0.25, 0.3) is 0 Å². The molecule has 0 aliphatic carbocycles. The van der Waals surface area contributed by atoms with Gasteiger partial charge in [-0.25, -0.2) is 0 Å². The molecule has 1 fully saturated rings. The van der Waals surface area contributed by atoms with Crippen molar-refractivity contribution in [2.75, 3.05) is 27.3 Å². The van der Waals surface area contributed by atoms with Crippen LogP contribution in [-0.2, 0) is 10.3 Å². The topological polar surface area (TPSA) is 30.5 Å². The van der Waals surface area contributed by atoms with Crippen molar-refractivity contribution in [1.29, 1.82) is 0 Å². The summed E-state index contributed by atoms with van der Waals surface area (Å²) >= 11 is 0. The molecule has 95 valence electrons. The van der Waals surface area contributed by atoms with Crippen molar-refractivity contribution in [3.8, 4) is 5.75 Å². The molecule has 1 aliphatic heterocycles. The standard InChI is InChI=1S/C14H19BNO2/c1-17-12-5-3-4-11(10-15)13(12)14(18-2)6-8-16-9-7-14/h3-5,10,16H,6-9H2,1-2H3. The zero-order valence-electron chi connectivity index (χ0n) is 11.0. The van der Waals surface area contributed by atoms with Crippen LogP contribution in [0.2, 0.25) is 0 Å². The van der Waals surface area contributed by atoms with E-state index in [1.807, 2.05) is 18.2 Å². The third-order valence-corrected chi connectivity index (χ3v) is 3.72. The zero-order valence-corrected chi connectivity index (χ0v) is 11.0. The van der Waals surface area contributed by atoms with Gasteiger partial charge in [-0.2, -0.15) is 0 Å². The Bertz CT molecular complexity index is 428. The number of ether oxygens (including phenoxy) is 2. The van der Waals surface area contributed by atoms with E-state index in [0.29, 0.717) is 0 Å². The Hall–Kier alpha value is -1.13. The van der Waals surface area contributed by atoms with Gasteiger partial charge in [0.1, 0.15) is 0 Å². The fourth-order valence-corrected chi connectivity index (χ4v) is 2.73. The second-order valence-electron chi connectivity index (χ2n) is 4.54. The van der Waals surface area contributed by atoms with Crippen LogP contribution in [-0.4, -0.2) is 40.8 Å². The van der Waals surface area contributed by atoms with Crippen LogP contribution in [0.5, 0.6) is 5.75 Å². The maximum atomic E-state index is 5.85. The van der Waals surface area contributed by atoms with Gasteiger partial charge in [-0.3, -0.25) is 0 Å². The number of hydrogen-bond acceptors (Lipinski definition) is 3. The van der Waals surface area contributed by atoms with Crippen LogP contribution in [0.15, 0.2) is 18.2 Å². The number of nitrogens with one attached hydrogen (secondary N) is 1. The van der Waals surface area contributed by atoms with E-state index in [4.69, 9.17) is 17.0 Å². The molecule has 18 heavy (non-hydrogen) atoms. The first-order chi connectivity index (χ1) is 8.77. The molecular formula is C14H19BNO2. The summed E-state index contributed by atoms with van der Waals surface area (Å²) in [5.41, 5.74) is 1.75. The van der Waals surface area contributed by atoms with Crippen LogP contribution >= 0.6 is 0 Å². The van der Waals surface area contributed by atoms with Crippen LogP contribution in [0, 0.1) is 0 Å². The predicted molar refractivity (Wildman–Crippen MR) is 74.7 cm³/mol. The summed E-state index contributed by atoms with van der Waals surface area (Å²) in [4.78, 5) is 0. The fourth-order valence-electron chi connectivity index (χ4n) is 2.73. The molecule has 1 aromatic carbocycles. The van der Waals surface area contributed by atoms with Gasteiger partial charge < -0.3 is 0 Å². The van der Waals surface area contributed by atoms with E-state index in [1.54, 1.807) is 20.2 Å². The van der Waals surface area contributed by atoms with E-state index >= 15 is 0 Å².